The van der Waals surface area contributed by atoms with Gasteiger partial charge in [-0.25, -0.2) is 4.98 Å². The van der Waals surface area contributed by atoms with E-state index in [0.29, 0.717) is 0 Å². The zero-order valence-electron chi connectivity index (χ0n) is 12.3. The van der Waals surface area contributed by atoms with E-state index in [0.717, 1.165) is 6.42 Å². The number of aromatic nitrogens is 1. The minimum atomic E-state index is 0.197. The van der Waals surface area contributed by atoms with Gasteiger partial charge in [0.1, 0.15) is 5.03 Å². The van der Waals surface area contributed by atoms with Gasteiger partial charge in [-0.3, -0.25) is 0 Å². The molecule has 0 unspecified atom stereocenters. The van der Waals surface area contributed by atoms with Crippen LogP contribution in [-0.4, -0.2) is 4.98 Å². The van der Waals surface area contributed by atoms with E-state index in [1.54, 1.807) is 5.57 Å². The van der Waals surface area contributed by atoms with Crippen LogP contribution in [0, 0.1) is 10.8 Å². The Bertz CT molecular complexity index is 442. The number of thioether (sulfide) groups is 1. The SMILES string of the molecule is CC(C)(C)C1=C(C(C)(C)C)Sc2ncccc2C1. The molecule has 0 saturated carbocycles. The fraction of sp³-hybridized carbons (Fsp3) is 0.562. The van der Waals surface area contributed by atoms with Crippen LogP contribution < -0.4 is 0 Å². The molecule has 0 atom stereocenters. The Morgan fingerprint density at radius 1 is 1.06 bits per heavy atom. The third kappa shape index (κ3) is 2.64. The normalized spacial score (nSPS) is 16.8. The van der Waals surface area contributed by atoms with Gasteiger partial charge >= 0.3 is 0 Å². The van der Waals surface area contributed by atoms with Crippen LogP contribution in [0.2, 0.25) is 0 Å². The predicted molar refractivity (Wildman–Crippen MR) is 79.7 cm³/mol. The highest BCUT2D eigenvalue weighted by Crippen LogP contribution is 2.50. The van der Waals surface area contributed by atoms with Gasteiger partial charge in [0, 0.05) is 6.20 Å². The molecule has 0 N–H and O–H groups in total. The van der Waals surface area contributed by atoms with Gasteiger partial charge in [-0.05, 0) is 39.4 Å². The highest BCUT2D eigenvalue weighted by atomic mass is 32.2. The second-order valence-electron chi connectivity index (χ2n) is 7.05. The molecule has 0 spiro atoms. The highest BCUT2D eigenvalue weighted by Gasteiger charge is 2.32. The van der Waals surface area contributed by atoms with Gasteiger partial charge in [0.2, 0.25) is 0 Å². The first-order valence-corrected chi connectivity index (χ1v) is 7.37. The topological polar surface area (TPSA) is 12.9 Å². The van der Waals surface area contributed by atoms with Crippen LogP contribution in [0.15, 0.2) is 33.8 Å². The van der Waals surface area contributed by atoms with Gasteiger partial charge in [0.15, 0.2) is 0 Å². The van der Waals surface area contributed by atoms with Gasteiger partial charge in [0.05, 0.1) is 0 Å². The molecule has 0 aromatic carbocycles. The van der Waals surface area contributed by atoms with Gasteiger partial charge in [-0.2, -0.15) is 0 Å². The molecular formula is C16H23NS. The maximum Gasteiger partial charge on any atom is 0.104 e. The van der Waals surface area contributed by atoms with E-state index in [9.17, 15) is 0 Å². The lowest BCUT2D eigenvalue weighted by molar-refractivity contribution is 0.451. The number of rotatable bonds is 0. The van der Waals surface area contributed by atoms with E-state index < -0.39 is 0 Å². The van der Waals surface area contributed by atoms with Crippen LogP contribution in [-0.2, 0) is 6.42 Å². The molecule has 2 rings (SSSR count). The summed E-state index contributed by atoms with van der Waals surface area (Å²) in [5.41, 5.74) is 3.37. The average Bonchev–Trinajstić information content (AvgIpc) is 2.25. The lowest BCUT2D eigenvalue weighted by Gasteiger charge is -2.36. The van der Waals surface area contributed by atoms with Crippen molar-refractivity contribution in [3.05, 3.63) is 34.4 Å². The first-order valence-electron chi connectivity index (χ1n) is 6.55. The Balaban J connectivity index is 2.53. The summed E-state index contributed by atoms with van der Waals surface area (Å²) in [4.78, 5) is 6.03. The molecule has 1 aromatic heterocycles. The molecule has 1 aromatic rings. The van der Waals surface area contributed by atoms with Crippen molar-refractivity contribution in [1.82, 2.24) is 4.98 Å². The van der Waals surface area contributed by atoms with Crippen molar-refractivity contribution in [1.29, 1.82) is 0 Å². The number of hydrogen-bond donors (Lipinski definition) is 0. The summed E-state index contributed by atoms with van der Waals surface area (Å²) in [6, 6.07) is 4.25. The van der Waals surface area contributed by atoms with Crippen LogP contribution in [0.5, 0.6) is 0 Å². The van der Waals surface area contributed by atoms with E-state index in [-0.39, 0.29) is 10.8 Å². The molecule has 1 nitrogen and oxygen atoms in total. The van der Waals surface area contributed by atoms with Gasteiger partial charge in [-0.15, -0.1) is 0 Å². The van der Waals surface area contributed by atoms with Crippen LogP contribution in [0.1, 0.15) is 47.1 Å². The first kappa shape index (κ1) is 13.7. The molecule has 2 heteroatoms. The maximum atomic E-state index is 4.53. The number of fused-ring (bicyclic) bond motifs is 1. The molecular weight excluding hydrogens is 238 g/mol. The van der Waals surface area contributed by atoms with Gasteiger partial charge in [-0.1, -0.05) is 59.4 Å². The molecule has 0 saturated heterocycles. The lowest BCUT2D eigenvalue weighted by Crippen LogP contribution is -2.22. The largest absolute Gasteiger partial charge is 0.249 e. The Morgan fingerprint density at radius 3 is 2.28 bits per heavy atom. The van der Waals surface area contributed by atoms with Gasteiger partial charge < -0.3 is 0 Å². The summed E-state index contributed by atoms with van der Waals surface area (Å²) < 4.78 is 0. The fourth-order valence-electron chi connectivity index (χ4n) is 2.29. The smallest absolute Gasteiger partial charge is 0.104 e. The third-order valence-corrected chi connectivity index (χ3v) is 4.90. The van der Waals surface area contributed by atoms with E-state index in [4.69, 9.17) is 0 Å². The monoisotopic (exact) mass is 261 g/mol. The average molecular weight is 261 g/mol. The van der Waals surface area contributed by atoms with Crippen molar-refractivity contribution in [2.45, 2.75) is 53.0 Å². The molecule has 0 aliphatic carbocycles. The Hall–Kier alpha value is -0.760. The quantitative estimate of drug-likeness (QED) is 0.646. The van der Waals surface area contributed by atoms with E-state index in [1.165, 1.54) is 15.5 Å². The Kier molecular flexibility index (Phi) is 3.35. The molecule has 1 aliphatic heterocycles. The number of hydrogen-bond acceptors (Lipinski definition) is 2. The molecule has 2 heterocycles. The van der Waals surface area contributed by atoms with E-state index in [2.05, 4.69) is 52.6 Å². The molecule has 98 valence electrons. The minimum absolute atomic E-state index is 0.197. The van der Waals surface area contributed by atoms with Crippen LogP contribution in [0.3, 0.4) is 0 Å². The lowest BCUT2D eigenvalue weighted by atomic mass is 9.78. The maximum absolute atomic E-state index is 4.53. The zero-order chi connectivity index (χ0) is 13.6. The number of nitrogens with zero attached hydrogens (tertiary/aromatic N) is 1. The molecule has 0 amide bonds. The van der Waals surface area contributed by atoms with Crippen LogP contribution in [0.25, 0.3) is 0 Å². The van der Waals surface area contributed by atoms with Crippen molar-refractivity contribution in [3.8, 4) is 0 Å². The Labute approximate surface area is 115 Å². The van der Waals surface area contributed by atoms with E-state index >= 15 is 0 Å². The summed E-state index contributed by atoms with van der Waals surface area (Å²) in [6.07, 6.45) is 2.94. The second-order valence-corrected chi connectivity index (χ2v) is 8.05. The molecule has 0 bridgehead atoms. The predicted octanol–water partition coefficient (Wildman–Crippen LogP) is 5.08. The summed E-state index contributed by atoms with van der Waals surface area (Å²) >= 11 is 1.87. The van der Waals surface area contributed by atoms with Crippen molar-refractivity contribution in [3.63, 3.8) is 0 Å². The van der Waals surface area contributed by atoms with Crippen LogP contribution in [0.4, 0.5) is 0 Å². The third-order valence-electron chi connectivity index (χ3n) is 3.28. The molecule has 18 heavy (non-hydrogen) atoms. The number of pyridine rings is 1. The van der Waals surface area contributed by atoms with E-state index in [1.807, 2.05) is 24.0 Å². The standard InChI is InChI=1S/C16H23NS/c1-15(2,3)12-10-11-8-7-9-17-14(11)18-13(12)16(4,5)6/h7-9H,10H2,1-6H3. The molecule has 0 radical (unpaired) electrons. The summed E-state index contributed by atoms with van der Waals surface area (Å²) in [7, 11) is 0. The minimum Gasteiger partial charge on any atom is -0.249 e. The van der Waals surface area contributed by atoms with Crippen molar-refractivity contribution in [2.75, 3.05) is 0 Å². The highest BCUT2D eigenvalue weighted by molar-refractivity contribution is 8.03. The second kappa shape index (κ2) is 4.41. The summed E-state index contributed by atoms with van der Waals surface area (Å²) in [5.74, 6) is 0. The summed E-state index contributed by atoms with van der Waals surface area (Å²) in [5, 5.41) is 1.19. The first-order chi connectivity index (χ1) is 8.19. The molecule has 0 fully saturated rings. The zero-order valence-corrected chi connectivity index (χ0v) is 13.1. The fourth-order valence-corrected chi connectivity index (χ4v) is 3.68. The van der Waals surface area contributed by atoms with Gasteiger partial charge in [0.25, 0.3) is 0 Å². The Morgan fingerprint density at radius 2 is 1.72 bits per heavy atom. The number of allylic oxidation sites excluding steroid dienone is 2. The van der Waals surface area contributed by atoms with Crippen molar-refractivity contribution >= 4 is 11.8 Å². The summed E-state index contributed by atoms with van der Waals surface area (Å²) in [6.45, 7) is 13.8. The van der Waals surface area contributed by atoms with Crippen molar-refractivity contribution in [2.24, 2.45) is 10.8 Å². The van der Waals surface area contributed by atoms with Crippen molar-refractivity contribution < 1.29 is 0 Å². The van der Waals surface area contributed by atoms with Crippen LogP contribution >= 0.6 is 11.8 Å². The molecule has 1 aliphatic rings.